The average molecular weight is 257 g/mol. The Hall–Kier alpha value is -0.800. The molecule has 0 aromatic heterocycles. The smallest absolute Gasteiger partial charge is 0.164 e. The number of likely N-dealkylation sites (tertiary alicyclic amines) is 1. The van der Waals surface area contributed by atoms with E-state index in [1.807, 2.05) is 0 Å². The van der Waals surface area contributed by atoms with Gasteiger partial charge in [-0.05, 0) is 51.0 Å². The lowest BCUT2D eigenvalue weighted by atomic mass is 9.97. The number of rotatable bonds is 3. The Bertz CT molecular complexity index is 376. The zero-order valence-corrected chi connectivity index (χ0v) is 10.8. The highest BCUT2D eigenvalue weighted by atomic mass is 35.5. The Morgan fingerprint density at radius 2 is 2.12 bits per heavy atom. The first kappa shape index (κ1) is 12.7. The molecule has 0 amide bonds. The van der Waals surface area contributed by atoms with Gasteiger partial charge < -0.3 is 10.2 Å². The van der Waals surface area contributed by atoms with Crippen LogP contribution in [0.5, 0.6) is 0 Å². The molecule has 94 valence electrons. The summed E-state index contributed by atoms with van der Waals surface area (Å²) in [7, 11) is 2.14. The van der Waals surface area contributed by atoms with E-state index in [1.165, 1.54) is 12.8 Å². The van der Waals surface area contributed by atoms with Crippen LogP contribution in [-0.4, -0.2) is 31.6 Å². The van der Waals surface area contributed by atoms with Crippen molar-refractivity contribution in [2.24, 2.45) is 5.92 Å². The summed E-state index contributed by atoms with van der Waals surface area (Å²) in [5.74, 6) is 0.284. The molecule has 2 nitrogen and oxygen atoms in total. The van der Waals surface area contributed by atoms with Gasteiger partial charge in [-0.15, -0.1) is 0 Å². The summed E-state index contributed by atoms with van der Waals surface area (Å²) in [6.45, 7) is 3.08. The summed E-state index contributed by atoms with van der Waals surface area (Å²) in [5.41, 5.74) is 0.511. The summed E-state index contributed by atoms with van der Waals surface area (Å²) in [5, 5.41) is 3.34. The minimum Gasteiger partial charge on any atom is -0.382 e. The van der Waals surface area contributed by atoms with E-state index in [0.29, 0.717) is 11.6 Å². The Labute approximate surface area is 107 Å². The van der Waals surface area contributed by atoms with Crippen LogP contribution in [-0.2, 0) is 0 Å². The van der Waals surface area contributed by atoms with Crippen LogP contribution >= 0.6 is 11.6 Å². The van der Waals surface area contributed by atoms with Crippen LogP contribution in [0.4, 0.5) is 10.1 Å². The molecule has 17 heavy (non-hydrogen) atoms. The van der Waals surface area contributed by atoms with E-state index in [1.54, 1.807) is 18.2 Å². The van der Waals surface area contributed by atoms with Crippen molar-refractivity contribution in [1.29, 1.82) is 0 Å². The lowest BCUT2D eigenvalue weighted by Crippen LogP contribution is -2.33. The van der Waals surface area contributed by atoms with E-state index >= 15 is 0 Å². The van der Waals surface area contributed by atoms with Crippen molar-refractivity contribution in [2.45, 2.75) is 12.8 Å². The first-order valence-corrected chi connectivity index (χ1v) is 6.41. The maximum atomic E-state index is 13.6. The van der Waals surface area contributed by atoms with Gasteiger partial charge in [-0.2, -0.15) is 0 Å². The molecule has 1 aliphatic heterocycles. The van der Waals surface area contributed by atoms with Crippen LogP contribution in [0.25, 0.3) is 0 Å². The minimum absolute atomic E-state index is 0.179. The molecule has 1 N–H and O–H groups in total. The second-order valence-electron chi connectivity index (χ2n) is 4.73. The summed E-state index contributed by atoms with van der Waals surface area (Å²) in [4.78, 5) is 2.33. The van der Waals surface area contributed by atoms with Crippen LogP contribution < -0.4 is 5.32 Å². The van der Waals surface area contributed by atoms with Gasteiger partial charge in [-0.25, -0.2) is 4.39 Å². The predicted octanol–water partition coefficient (Wildman–Crippen LogP) is 3.23. The van der Waals surface area contributed by atoms with E-state index < -0.39 is 0 Å². The van der Waals surface area contributed by atoms with E-state index in [0.717, 1.165) is 19.6 Å². The monoisotopic (exact) mass is 256 g/mol. The number of nitrogens with one attached hydrogen (secondary N) is 1. The Morgan fingerprint density at radius 1 is 1.41 bits per heavy atom. The molecule has 1 aromatic carbocycles. The standard InChI is InChI=1S/C13H18ClFN2/c1-17-7-5-10(6-8-17)9-16-12-4-2-3-11(14)13(12)15/h2-4,10,16H,5-9H2,1H3. The highest BCUT2D eigenvalue weighted by Gasteiger charge is 2.16. The van der Waals surface area contributed by atoms with Gasteiger partial charge in [0.05, 0.1) is 10.7 Å². The van der Waals surface area contributed by atoms with Crippen molar-refractivity contribution in [3.8, 4) is 0 Å². The summed E-state index contributed by atoms with van der Waals surface area (Å²) < 4.78 is 13.6. The van der Waals surface area contributed by atoms with Crippen LogP contribution in [0, 0.1) is 11.7 Å². The number of hydrogen-bond acceptors (Lipinski definition) is 2. The molecule has 1 fully saturated rings. The lowest BCUT2D eigenvalue weighted by molar-refractivity contribution is 0.226. The van der Waals surface area contributed by atoms with Crippen molar-refractivity contribution in [3.05, 3.63) is 29.0 Å². The van der Waals surface area contributed by atoms with Gasteiger partial charge in [0.15, 0.2) is 5.82 Å². The molecule has 0 spiro atoms. The second kappa shape index (κ2) is 5.69. The van der Waals surface area contributed by atoms with Crippen molar-refractivity contribution in [2.75, 3.05) is 32.0 Å². The molecule has 0 bridgehead atoms. The van der Waals surface area contributed by atoms with Gasteiger partial charge in [0.1, 0.15) is 0 Å². The van der Waals surface area contributed by atoms with Crippen LogP contribution in [0.2, 0.25) is 5.02 Å². The summed E-state index contributed by atoms with van der Waals surface area (Å²) >= 11 is 5.73. The van der Waals surface area contributed by atoms with Crippen molar-refractivity contribution < 1.29 is 4.39 Å². The molecule has 2 rings (SSSR count). The maximum Gasteiger partial charge on any atom is 0.164 e. The van der Waals surface area contributed by atoms with E-state index in [4.69, 9.17) is 11.6 Å². The molecule has 1 aliphatic rings. The van der Waals surface area contributed by atoms with Crippen LogP contribution in [0.15, 0.2) is 18.2 Å². The number of piperidine rings is 1. The van der Waals surface area contributed by atoms with E-state index in [2.05, 4.69) is 17.3 Å². The van der Waals surface area contributed by atoms with Gasteiger partial charge >= 0.3 is 0 Å². The SMILES string of the molecule is CN1CCC(CNc2cccc(Cl)c2F)CC1. The number of halogens is 2. The van der Waals surface area contributed by atoms with Gasteiger partial charge in [0, 0.05) is 6.54 Å². The number of hydrogen-bond donors (Lipinski definition) is 1. The molecule has 0 atom stereocenters. The predicted molar refractivity (Wildman–Crippen MR) is 70.1 cm³/mol. The van der Waals surface area contributed by atoms with Crippen molar-refractivity contribution >= 4 is 17.3 Å². The Kier molecular flexibility index (Phi) is 4.24. The number of benzene rings is 1. The van der Waals surface area contributed by atoms with Crippen LogP contribution in [0.1, 0.15) is 12.8 Å². The zero-order chi connectivity index (χ0) is 12.3. The zero-order valence-electron chi connectivity index (χ0n) is 10.0. The molecule has 0 radical (unpaired) electrons. The van der Waals surface area contributed by atoms with Gasteiger partial charge in [0.2, 0.25) is 0 Å². The van der Waals surface area contributed by atoms with Gasteiger partial charge in [0.25, 0.3) is 0 Å². The molecule has 0 unspecified atom stereocenters. The van der Waals surface area contributed by atoms with E-state index in [9.17, 15) is 4.39 Å². The molecule has 4 heteroatoms. The molecule has 0 aliphatic carbocycles. The molecule has 1 heterocycles. The topological polar surface area (TPSA) is 15.3 Å². The first-order valence-electron chi connectivity index (χ1n) is 6.03. The molecule has 1 aromatic rings. The molecule has 0 saturated carbocycles. The largest absolute Gasteiger partial charge is 0.382 e. The molecular formula is C13H18ClFN2. The number of anilines is 1. The quantitative estimate of drug-likeness (QED) is 0.893. The molecule has 1 saturated heterocycles. The summed E-state index contributed by atoms with van der Waals surface area (Å²) in [6.07, 6.45) is 2.34. The fourth-order valence-corrected chi connectivity index (χ4v) is 2.34. The third-order valence-electron chi connectivity index (χ3n) is 3.37. The van der Waals surface area contributed by atoms with Crippen LogP contribution in [0.3, 0.4) is 0 Å². The third kappa shape index (κ3) is 3.33. The van der Waals surface area contributed by atoms with E-state index in [-0.39, 0.29) is 10.8 Å². The maximum absolute atomic E-state index is 13.6. The summed E-state index contributed by atoms with van der Waals surface area (Å²) in [6, 6.07) is 5.07. The lowest BCUT2D eigenvalue weighted by Gasteiger charge is -2.29. The third-order valence-corrected chi connectivity index (χ3v) is 3.66. The van der Waals surface area contributed by atoms with Gasteiger partial charge in [-0.3, -0.25) is 0 Å². The highest BCUT2D eigenvalue weighted by molar-refractivity contribution is 6.31. The number of nitrogens with zero attached hydrogens (tertiary/aromatic N) is 1. The average Bonchev–Trinajstić information content (AvgIpc) is 2.33. The van der Waals surface area contributed by atoms with Gasteiger partial charge in [-0.1, -0.05) is 17.7 Å². The second-order valence-corrected chi connectivity index (χ2v) is 5.14. The fourth-order valence-electron chi connectivity index (χ4n) is 2.16. The fraction of sp³-hybridized carbons (Fsp3) is 0.538. The first-order chi connectivity index (χ1) is 8.16. The highest BCUT2D eigenvalue weighted by Crippen LogP contribution is 2.23. The minimum atomic E-state index is -0.345. The Morgan fingerprint density at radius 3 is 2.82 bits per heavy atom. The Balaban J connectivity index is 1.87. The normalized spacial score (nSPS) is 18.3. The van der Waals surface area contributed by atoms with Crippen molar-refractivity contribution in [3.63, 3.8) is 0 Å². The molecular weight excluding hydrogens is 239 g/mol. The van der Waals surface area contributed by atoms with Crippen molar-refractivity contribution in [1.82, 2.24) is 4.90 Å².